The molecule has 1 heterocycles. The maximum atomic E-state index is 14.2. The van der Waals surface area contributed by atoms with E-state index in [1.165, 1.54) is 12.1 Å². The highest BCUT2D eigenvalue weighted by Crippen LogP contribution is 2.31. The van der Waals surface area contributed by atoms with Crippen molar-refractivity contribution in [2.45, 2.75) is 39.5 Å². The number of hydrogen-bond acceptors (Lipinski definition) is 4. The van der Waals surface area contributed by atoms with Crippen LogP contribution in [0.2, 0.25) is 5.02 Å². The molecular weight excluding hydrogens is 453 g/mol. The van der Waals surface area contributed by atoms with E-state index >= 15 is 0 Å². The van der Waals surface area contributed by atoms with Crippen molar-refractivity contribution in [3.63, 3.8) is 0 Å². The van der Waals surface area contributed by atoms with E-state index in [0.29, 0.717) is 50.1 Å². The molecule has 3 rings (SSSR count). The lowest BCUT2D eigenvalue weighted by Crippen LogP contribution is -2.53. The Morgan fingerprint density at radius 3 is 2.53 bits per heavy atom. The Hall–Kier alpha value is -2.38. The van der Waals surface area contributed by atoms with Crippen molar-refractivity contribution < 1.29 is 9.18 Å². The second-order valence-electron chi connectivity index (χ2n) is 9.60. The Bertz CT molecular complexity index is 953. The summed E-state index contributed by atoms with van der Waals surface area (Å²) in [6, 6.07) is 4.64. The summed E-state index contributed by atoms with van der Waals surface area (Å²) in [5.74, 6) is 0.685. The number of rotatable bonds is 8. The fourth-order valence-corrected chi connectivity index (χ4v) is 4.81. The number of benzene rings is 1. The first kappa shape index (κ1) is 26.2. The Balaban J connectivity index is 1.73. The molecule has 0 aromatic heterocycles. The zero-order chi connectivity index (χ0) is 24.8. The van der Waals surface area contributed by atoms with E-state index in [2.05, 4.69) is 42.6 Å². The van der Waals surface area contributed by atoms with Gasteiger partial charge in [0, 0.05) is 50.2 Å². The molecule has 0 bridgehead atoms. The van der Waals surface area contributed by atoms with Gasteiger partial charge in [0.2, 0.25) is 5.91 Å². The first-order chi connectivity index (χ1) is 16.2. The number of aliphatic imine (C=N–C) groups is 1. The first-order valence-corrected chi connectivity index (χ1v) is 12.5. The van der Waals surface area contributed by atoms with Crippen LogP contribution >= 0.6 is 11.6 Å². The van der Waals surface area contributed by atoms with E-state index in [-0.39, 0.29) is 10.9 Å². The molecule has 2 atom stereocenters. The van der Waals surface area contributed by atoms with E-state index < -0.39 is 11.7 Å². The van der Waals surface area contributed by atoms with Crippen LogP contribution in [0, 0.1) is 17.7 Å². The van der Waals surface area contributed by atoms with Gasteiger partial charge >= 0.3 is 0 Å². The molecule has 0 saturated carbocycles. The average Bonchev–Trinajstić information content (AvgIpc) is 3.14. The Morgan fingerprint density at radius 1 is 1.29 bits per heavy atom. The molecule has 2 aliphatic rings. The summed E-state index contributed by atoms with van der Waals surface area (Å²) in [4.78, 5) is 22.2. The van der Waals surface area contributed by atoms with Crippen LogP contribution in [0.3, 0.4) is 0 Å². The largest absolute Gasteiger partial charge is 0.402 e. The Kier molecular flexibility index (Phi) is 9.14. The summed E-state index contributed by atoms with van der Waals surface area (Å²) in [6.07, 6.45) is 3.47. The number of carbonyl (C=O) groups is 1. The molecule has 1 aliphatic heterocycles. The third kappa shape index (κ3) is 6.19. The lowest BCUT2D eigenvalue weighted by Gasteiger charge is -2.39. The molecule has 1 aliphatic carbocycles. The van der Waals surface area contributed by atoms with Crippen LogP contribution in [0.15, 0.2) is 47.2 Å². The van der Waals surface area contributed by atoms with Gasteiger partial charge in [0.1, 0.15) is 11.7 Å². The fourth-order valence-electron chi connectivity index (χ4n) is 4.69. The summed E-state index contributed by atoms with van der Waals surface area (Å²) >= 11 is 5.88. The zero-order valence-corrected chi connectivity index (χ0v) is 21.2. The highest BCUT2D eigenvalue weighted by Gasteiger charge is 2.33. The number of allylic oxidation sites excluding steroid dienone is 1. The molecular formula is C26H37ClFN5O. The predicted octanol–water partition coefficient (Wildman–Crippen LogP) is 4.14. The molecule has 3 N–H and O–H groups in total. The highest BCUT2D eigenvalue weighted by atomic mass is 35.5. The van der Waals surface area contributed by atoms with Gasteiger partial charge in [-0.1, -0.05) is 45.0 Å². The van der Waals surface area contributed by atoms with Gasteiger partial charge in [0.05, 0.1) is 10.9 Å². The molecule has 0 radical (unpaired) electrons. The van der Waals surface area contributed by atoms with Gasteiger partial charge in [-0.2, -0.15) is 0 Å². The normalized spacial score (nSPS) is 20.3. The van der Waals surface area contributed by atoms with E-state index in [0.717, 1.165) is 36.5 Å². The number of amidine groups is 1. The molecule has 1 aromatic carbocycles. The number of hydrogen-bond donors (Lipinski definition) is 2. The molecule has 8 heteroatoms. The van der Waals surface area contributed by atoms with E-state index in [1.54, 1.807) is 12.3 Å². The van der Waals surface area contributed by atoms with Crippen molar-refractivity contribution >= 4 is 23.3 Å². The lowest BCUT2D eigenvalue weighted by molar-refractivity contribution is -0.134. The lowest BCUT2D eigenvalue weighted by atomic mass is 9.96. The zero-order valence-electron chi connectivity index (χ0n) is 20.5. The van der Waals surface area contributed by atoms with E-state index in [9.17, 15) is 9.18 Å². The van der Waals surface area contributed by atoms with E-state index in [4.69, 9.17) is 17.3 Å². The second kappa shape index (κ2) is 11.8. The predicted molar refractivity (Wildman–Crippen MR) is 137 cm³/mol. The molecule has 0 unspecified atom stereocenters. The van der Waals surface area contributed by atoms with Crippen molar-refractivity contribution in [1.82, 2.24) is 15.1 Å². The number of piperazine rings is 1. The smallest absolute Gasteiger partial charge is 0.231 e. The molecule has 1 fully saturated rings. The minimum absolute atomic E-state index is 0.00666. The van der Waals surface area contributed by atoms with Crippen molar-refractivity contribution in [2.24, 2.45) is 22.6 Å². The van der Waals surface area contributed by atoms with Crippen LogP contribution in [0.5, 0.6) is 0 Å². The SMILES string of the molecule is C=C/N=C(\C1=C(N)CC[C@H]1C)N1CCN(C(=O)[C@H](CNCC(C)C)c2ccc(Cl)c(F)c2)CC1. The Labute approximate surface area is 207 Å². The first-order valence-electron chi connectivity index (χ1n) is 12.1. The molecule has 186 valence electrons. The summed E-state index contributed by atoms with van der Waals surface area (Å²) in [5, 5.41) is 3.42. The number of nitrogens with zero attached hydrogens (tertiary/aromatic N) is 3. The van der Waals surface area contributed by atoms with E-state index in [1.807, 2.05) is 4.90 Å². The van der Waals surface area contributed by atoms with Crippen LogP contribution in [0.4, 0.5) is 4.39 Å². The number of nitrogens with one attached hydrogen (secondary N) is 1. The third-order valence-corrected chi connectivity index (χ3v) is 6.88. The number of nitrogens with two attached hydrogens (primary N) is 1. The van der Waals surface area contributed by atoms with Gasteiger partial charge in [0.15, 0.2) is 0 Å². The maximum Gasteiger partial charge on any atom is 0.231 e. The monoisotopic (exact) mass is 489 g/mol. The van der Waals surface area contributed by atoms with Crippen molar-refractivity contribution in [1.29, 1.82) is 0 Å². The van der Waals surface area contributed by atoms with Crippen molar-refractivity contribution in [3.8, 4) is 0 Å². The van der Waals surface area contributed by atoms with Crippen LogP contribution < -0.4 is 11.1 Å². The minimum Gasteiger partial charge on any atom is -0.402 e. The molecule has 1 saturated heterocycles. The third-order valence-electron chi connectivity index (χ3n) is 6.58. The van der Waals surface area contributed by atoms with Gasteiger partial charge in [-0.25, -0.2) is 9.38 Å². The van der Waals surface area contributed by atoms with Gasteiger partial charge in [0.25, 0.3) is 0 Å². The van der Waals surface area contributed by atoms with Crippen LogP contribution in [0.25, 0.3) is 0 Å². The number of amides is 1. The molecule has 0 spiro atoms. The van der Waals surface area contributed by atoms with Crippen molar-refractivity contribution in [3.05, 3.63) is 58.7 Å². The van der Waals surface area contributed by atoms with Gasteiger partial charge < -0.3 is 20.9 Å². The topological polar surface area (TPSA) is 74.0 Å². The van der Waals surface area contributed by atoms with Crippen LogP contribution in [-0.4, -0.2) is 60.8 Å². The quantitative estimate of drug-likeness (QED) is 0.425. The number of halogens is 2. The maximum absolute atomic E-state index is 14.2. The summed E-state index contributed by atoms with van der Waals surface area (Å²) < 4.78 is 14.2. The molecule has 1 amide bonds. The molecule has 1 aromatic rings. The highest BCUT2D eigenvalue weighted by molar-refractivity contribution is 6.30. The van der Waals surface area contributed by atoms with Gasteiger partial charge in [-0.3, -0.25) is 4.79 Å². The minimum atomic E-state index is -0.507. The Morgan fingerprint density at radius 2 is 1.97 bits per heavy atom. The molecule has 34 heavy (non-hydrogen) atoms. The van der Waals surface area contributed by atoms with Crippen LogP contribution in [-0.2, 0) is 4.79 Å². The second-order valence-corrected chi connectivity index (χ2v) is 10.0. The fraction of sp³-hybridized carbons (Fsp3) is 0.538. The van der Waals surface area contributed by atoms with Gasteiger partial charge in [-0.15, -0.1) is 0 Å². The average molecular weight is 490 g/mol. The molecule has 6 nitrogen and oxygen atoms in total. The van der Waals surface area contributed by atoms with Gasteiger partial charge in [-0.05, 0) is 48.9 Å². The van der Waals surface area contributed by atoms with Crippen LogP contribution in [0.1, 0.15) is 45.1 Å². The summed E-state index contributed by atoms with van der Waals surface area (Å²) in [6.45, 7) is 13.8. The van der Waals surface area contributed by atoms with Crippen molar-refractivity contribution in [2.75, 3.05) is 39.3 Å². The summed E-state index contributed by atoms with van der Waals surface area (Å²) in [7, 11) is 0. The number of carbonyl (C=O) groups excluding carboxylic acids is 1. The summed E-state index contributed by atoms with van der Waals surface area (Å²) in [5.41, 5.74) is 8.94. The standard InChI is InChI=1S/C26H37ClFN5O/c1-5-31-25(24-18(4)6-9-23(24)29)32-10-12-33(13-11-32)26(34)20(16-30-15-17(2)3)19-7-8-21(27)22(28)14-19/h5,7-8,14,17-18,20,30H,1,6,9-13,15-16,29H2,2-4H3/b31-25+/t18-,20-/m1/s1.